The van der Waals surface area contributed by atoms with Gasteiger partial charge < -0.3 is 24.4 Å². The molecule has 3 rings (SSSR count). The van der Waals surface area contributed by atoms with Crippen LogP contribution in [0.2, 0.25) is 0 Å². The molecule has 0 aromatic heterocycles. The Labute approximate surface area is 192 Å². The molecule has 0 aliphatic carbocycles. The molecule has 2 aliphatic heterocycles. The van der Waals surface area contributed by atoms with Crippen LogP contribution in [0, 0.1) is 0 Å². The summed E-state index contributed by atoms with van der Waals surface area (Å²) in [6, 6.07) is 8.23. The van der Waals surface area contributed by atoms with Crippen LogP contribution in [-0.2, 0) is 15.9 Å². The van der Waals surface area contributed by atoms with Gasteiger partial charge in [0.2, 0.25) is 0 Å². The van der Waals surface area contributed by atoms with Crippen LogP contribution in [0.1, 0.15) is 37.7 Å². The number of benzene rings is 1. The summed E-state index contributed by atoms with van der Waals surface area (Å²) < 4.78 is 17.2. The normalized spacial score (nSPS) is 20.8. The van der Waals surface area contributed by atoms with Gasteiger partial charge >= 0.3 is 0 Å². The largest absolute Gasteiger partial charge is 0.497 e. The second kappa shape index (κ2) is 13.3. The molecule has 6 nitrogen and oxygen atoms in total. The highest BCUT2D eigenvalue weighted by molar-refractivity contribution is 14.0. The smallest absolute Gasteiger partial charge is 0.193 e. The topological polar surface area (TPSA) is 55.3 Å². The number of likely N-dealkylation sites (tertiary alicyclic amines) is 1. The summed E-state index contributed by atoms with van der Waals surface area (Å²) in [5.41, 5.74) is 1.26. The average molecular weight is 517 g/mol. The molecule has 0 saturated carbocycles. The molecule has 0 bridgehead atoms. The van der Waals surface area contributed by atoms with Gasteiger partial charge in [-0.1, -0.05) is 12.1 Å². The Kier molecular flexibility index (Phi) is 11.1. The van der Waals surface area contributed by atoms with E-state index in [-0.39, 0.29) is 24.0 Å². The molecular formula is C22H36IN3O3. The Bertz CT molecular complexity index is 615. The Morgan fingerprint density at radius 2 is 2.07 bits per heavy atom. The quantitative estimate of drug-likeness (QED) is 0.341. The number of halogens is 1. The fraction of sp³-hybridized carbons (Fsp3) is 0.682. The maximum absolute atomic E-state index is 6.12. The molecule has 2 heterocycles. The number of guanidine groups is 1. The van der Waals surface area contributed by atoms with Crippen LogP contribution in [0.5, 0.6) is 5.75 Å². The van der Waals surface area contributed by atoms with E-state index >= 15 is 0 Å². The van der Waals surface area contributed by atoms with Gasteiger partial charge in [0.05, 0.1) is 25.9 Å². The molecule has 1 N–H and O–H groups in total. The molecule has 0 radical (unpaired) electrons. The van der Waals surface area contributed by atoms with E-state index < -0.39 is 0 Å². The summed E-state index contributed by atoms with van der Waals surface area (Å²) in [6.45, 7) is 4.46. The average Bonchev–Trinajstić information content (AvgIpc) is 2.77. The maximum atomic E-state index is 6.12. The summed E-state index contributed by atoms with van der Waals surface area (Å²) in [7, 11) is 3.56. The lowest BCUT2D eigenvalue weighted by Gasteiger charge is -2.35. The number of methoxy groups -OCH3 is 1. The number of aliphatic imine (C=N–C) groups is 1. The van der Waals surface area contributed by atoms with Crippen LogP contribution >= 0.6 is 24.0 Å². The highest BCUT2D eigenvalue weighted by Gasteiger charge is 2.23. The second-order valence-electron chi connectivity index (χ2n) is 7.58. The first-order valence-electron chi connectivity index (χ1n) is 10.6. The maximum Gasteiger partial charge on any atom is 0.193 e. The third-order valence-corrected chi connectivity index (χ3v) is 5.58. The minimum absolute atomic E-state index is 0. The van der Waals surface area contributed by atoms with Gasteiger partial charge in [0.25, 0.3) is 0 Å². The van der Waals surface area contributed by atoms with Crippen molar-refractivity contribution in [2.75, 3.05) is 47.0 Å². The van der Waals surface area contributed by atoms with Gasteiger partial charge in [0, 0.05) is 33.3 Å². The zero-order valence-corrected chi connectivity index (χ0v) is 20.1. The Hall–Kier alpha value is -1.06. The molecule has 29 heavy (non-hydrogen) atoms. The van der Waals surface area contributed by atoms with Crippen LogP contribution in [0.3, 0.4) is 0 Å². The van der Waals surface area contributed by atoms with Gasteiger partial charge in [-0.2, -0.15) is 0 Å². The van der Waals surface area contributed by atoms with E-state index in [4.69, 9.17) is 14.2 Å². The lowest BCUT2D eigenvalue weighted by molar-refractivity contribution is -0.0721. The van der Waals surface area contributed by atoms with Crippen LogP contribution in [0.15, 0.2) is 29.3 Å². The zero-order valence-electron chi connectivity index (χ0n) is 17.8. The van der Waals surface area contributed by atoms with Gasteiger partial charge in [-0.05, 0) is 56.2 Å². The number of hydrogen-bond acceptors (Lipinski definition) is 4. The molecule has 1 aromatic carbocycles. The van der Waals surface area contributed by atoms with E-state index in [0.717, 1.165) is 70.2 Å². The van der Waals surface area contributed by atoms with E-state index in [1.54, 1.807) is 7.11 Å². The summed E-state index contributed by atoms with van der Waals surface area (Å²) in [4.78, 5) is 6.80. The number of ether oxygens (including phenoxy) is 3. The van der Waals surface area contributed by atoms with Crippen molar-refractivity contribution in [2.45, 2.75) is 50.7 Å². The van der Waals surface area contributed by atoms with Gasteiger partial charge in [-0.25, -0.2) is 0 Å². The number of piperidine rings is 1. The molecule has 0 spiro atoms. The minimum atomic E-state index is 0. The number of rotatable bonds is 7. The number of nitrogens with zero attached hydrogens (tertiary/aromatic N) is 2. The van der Waals surface area contributed by atoms with E-state index in [9.17, 15) is 0 Å². The Morgan fingerprint density at radius 1 is 1.24 bits per heavy atom. The lowest BCUT2D eigenvalue weighted by atomic mass is 10.1. The Morgan fingerprint density at radius 3 is 2.76 bits per heavy atom. The number of hydrogen-bond donors (Lipinski definition) is 1. The van der Waals surface area contributed by atoms with Crippen molar-refractivity contribution >= 4 is 29.9 Å². The van der Waals surface area contributed by atoms with E-state index in [0.29, 0.717) is 12.2 Å². The summed E-state index contributed by atoms with van der Waals surface area (Å²) in [5, 5.41) is 3.50. The van der Waals surface area contributed by atoms with E-state index in [1.807, 2.05) is 19.2 Å². The fourth-order valence-corrected chi connectivity index (χ4v) is 3.90. The highest BCUT2D eigenvalue weighted by atomic mass is 127. The monoisotopic (exact) mass is 517 g/mol. The number of nitrogens with one attached hydrogen (secondary N) is 1. The molecule has 164 valence electrons. The molecule has 2 aliphatic rings. The predicted molar refractivity (Wildman–Crippen MR) is 128 cm³/mol. The van der Waals surface area contributed by atoms with E-state index in [2.05, 4.69) is 27.3 Å². The third kappa shape index (κ3) is 7.94. The minimum Gasteiger partial charge on any atom is -0.497 e. The van der Waals surface area contributed by atoms with Crippen LogP contribution in [0.25, 0.3) is 0 Å². The van der Waals surface area contributed by atoms with E-state index in [1.165, 1.54) is 18.4 Å². The first kappa shape index (κ1) is 24.2. The van der Waals surface area contributed by atoms with Crippen molar-refractivity contribution in [3.05, 3.63) is 29.8 Å². The standard InChI is InChI=1S/C22H35N3O3.HI/c1-23-22(24-12-9-18-6-5-8-20(16-18)26-2)25-13-10-19(11-14-25)28-17-21-7-3-4-15-27-21;/h5-6,8,16,19,21H,3-4,7,9-15,17H2,1-2H3,(H,23,24);1H. The van der Waals surface area contributed by atoms with Gasteiger partial charge in [-0.15, -0.1) is 24.0 Å². The fourth-order valence-electron chi connectivity index (χ4n) is 3.90. The van der Waals surface area contributed by atoms with Crippen molar-refractivity contribution in [2.24, 2.45) is 4.99 Å². The van der Waals surface area contributed by atoms with Crippen LogP contribution in [0.4, 0.5) is 0 Å². The molecule has 1 aromatic rings. The summed E-state index contributed by atoms with van der Waals surface area (Å²) in [6.07, 6.45) is 7.28. The molecule has 2 fully saturated rings. The van der Waals surface area contributed by atoms with Crippen molar-refractivity contribution in [1.82, 2.24) is 10.2 Å². The molecule has 1 atom stereocenters. The highest BCUT2D eigenvalue weighted by Crippen LogP contribution is 2.18. The van der Waals surface area contributed by atoms with Crippen LogP contribution < -0.4 is 10.1 Å². The zero-order chi connectivity index (χ0) is 19.6. The summed E-state index contributed by atoms with van der Waals surface area (Å²) in [5.74, 6) is 1.89. The first-order chi connectivity index (χ1) is 13.8. The first-order valence-corrected chi connectivity index (χ1v) is 10.6. The SMILES string of the molecule is CN=C(NCCc1cccc(OC)c1)N1CCC(OCC2CCCCO2)CC1.I. The molecule has 7 heteroatoms. The Balaban J connectivity index is 0.00000300. The summed E-state index contributed by atoms with van der Waals surface area (Å²) >= 11 is 0. The molecular weight excluding hydrogens is 481 g/mol. The van der Waals surface area contributed by atoms with Gasteiger partial charge in [0.15, 0.2) is 5.96 Å². The lowest BCUT2D eigenvalue weighted by Crippen LogP contribution is -2.47. The van der Waals surface area contributed by atoms with Crippen LogP contribution in [-0.4, -0.2) is 70.1 Å². The molecule has 2 saturated heterocycles. The predicted octanol–water partition coefficient (Wildman–Crippen LogP) is 3.48. The van der Waals surface area contributed by atoms with Crippen molar-refractivity contribution in [3.8, 4) is 5.75 Å². The van der Waals surface area contributed by atoms with Gasteiger partial charge in [-0.3, -0.25) is 4.99 Å². The third-order valence-electron chi connectivity index (χ3n) is 5.58. The second-order valence-corrected chi connectivity index (χ2v) is 7.58. The molecule has 0 amide bonds. The van der Waals surface area contributed by atoms with Crippen molar-refractivity contribution in [1.29, 1.82) is 0 Å². The molecule has 1 unspecified atom stereocenters. The van der Waals surface area contributed by atoms with Gasteiger partial charge in [0.1, 0.15) is 5.75 Å². The van der Waals surface area contributed by atoms with Crippen molar-refractivity contribution < 1.29 is 14.2 Å². The van der Waals surface area contributed by atoms with Crippen molar-refractivity contribution in [3.63, 3.8) is 0 Å².